The second-order valence-corrected chi connectivity index (χ2v) is 7.86. The summed E-state index contributed by atoms with van der Waals surface area (Å²) in [6.45, 7) is 9.64. The average Bonchev–Trinajstić information content (AvgIpc) is 3.34. The molecule has 0 bridgehead atoms. The van der Waals surface area contributed by atoms with Gasteiger partial charge in [-0.05, 0) is 43.9 Å². The zero-order valence-corrected chi connectivity index (χ0v) is 14.0. The van der Waals surface area contributed by atoms with E-state index in [2.05, 4.69) is 16.7 Å². The van der Waals surface area contributed by atoms with Crippen molar-refractivity contribution in [2.45, 2.75) is 63.8 Å². The third kappa shape index (κ3) is 3.80. The lowest BCUT2D eigenvalue weighted by molar-refractivity contribution is 0.0244. The van der Waals surface area contributed by atoms with Crippen molar-refractivity contribution >= 4 is 0 Å². The highest BCUT2D eigenvalue weighted by molar-refractivity contribution is 4.96. The Labute approximate surface area is 131 Å². The fourth-order valence-electron chi connectivity index (χ4n) is 4.59. The maximum absolute atomic E-state index is 6.30. The quantitative estimate of drug-likeness (QED) is 0.791. The lowest BCUT2D eigenvalue weighted by Crippen LogP contribution is -2.60. The van der Waals surface area contributed by atoms with Crippen LogP contribution in [-0.4, -0.2) is 54.6 Å². The first-order chi connectivity index (χ1) is 10.3. The highest BCUT2D eigenvalue weighted by Crippen LogP contribution is 2.36. The van der Waals surface area contributed by atoms with Crippen LogP contribution in [0.4, 0.5) is 0 Å². The van der Waals surface area contributed by atoms with E-state index >= 15 is 0 Å². The first kappa shape index (κ1) is 15.8. The number of hydrogen-bond acceptors (Lipinski definition) is 3. The molecule has 0 aromatic rings. The molecule has 3 nitrogen and oxygen atoms in total. The third-order valence-electron chi connectivity index (χ3n) is 6.49. The van der Waals surface area contributed by atoms with Gasteiger partial charge in [0.2, 0.25) is 0 Å². The summed E-state index contributed by atoms with van der Waals surface area (Å²) in [4.78, 5) is 5.47. The van der Waals surface area contributed by atoms with Gasteiger partial charge in [0, 0.05) is 44.8 Å². The van der Waals surface area contributed by atoms with E-state index in [0.717, 1.165) is 18.4 Å². The van der Waals surface area contributed by atoms with Gasteiger partial charge >= 0.3 is 0 Å². The number of nitrogens with zero attached hydrogens (tertiary/aromatic N) is 2. The molecule has 3 rings (SSSR count). The van der Waals surface area contributed by atoms with Crippen LogP contribution in [0.25, 0.3) is 0 Å². The molecule has 2 aliphatic carbocycles. The van der Waals surface area contributed by atoms with E-state index in [0.29, 0.717) is 5.54 Å². The Morgan fingerprint density at radius 1 is 0.952 bits per heavy atom. The fraction of sp³-hybridized carbons (Fsp3) is 1.00. The lowest BCUT2D eigenvalue weighted by Gasteiger charge is -2.47. The number of nitrogens with two attached hydrogens (primary N) is 1. The van der Waals surface area contributed by atoms with Crippen LogP contribution in [0.2, 0.25) is 0 Å². The molecule has 2 unspecified atom stereocenters. The van der Waals surface area contributed by atoms with Crippen LogP contribution < -0.4 is 5.73 Å². The lowest BCUT2D eigenvalue weighted by atomic mass is 9.86. The van der Waals surface area contributed by atoms with Crippen LogP contribution in [0.5, 0.6) is 0 Å². The minimum Gasteiger partial charge on any atom is -0.329 e. The third-order valence-corrected chi connectivity index (χ3v) is 6.49. The summed E-state index contributed by atoms with van der Waals surface area (Å²) < 4.78 is 0. The van der Waals surface area contributed by atoms with Crippen molar-refractivity contribution in [1.82, 2.24) is 9.80 Å². The second-order valence-electron chi connectivity index (χ2n) is 7.86. The predicted octanol–water partition coefficient (Wildman–Crippen LogP) is 2.70. The SMILES string of the molecule is CCC1CCCC(CN)(N2CCN(CC3CC3)CC2)CC1. The summed E-state index contributed by atoms with van der Waals surface area (Å²) in [6.07, 6.45) is 11.2. The molecule has 0 aromatic heterocycles. The Balaban J connectivity index is 1.55. The normalized spacial score (nSPS) is 36.6. The van der Waals surface area contributed by atoms with Crippen molar-refractivity contribution in [1.29, 1.82) is 0 Å². The van der Waals surface area contributed by atoms with Crippen molar-refractivity contribution in [3.05, 3.63) is 0 Å². The molecule has 3 heteroatoms. The minimum atomic E-state index is 0.329. The van der Waals surface area contributed by atoms with Crippen LogP contribution in [0.1, 0.15) is 58.3 Å². The van der Waals surface area contributed by atoms with E-state index in [-0.39, 0.29) is 0 Å². The van der Waals surface area contributed by atoms with Crippen molar-refractivity contribution in [3.63, 3.8) is 0 Å². The first-order valence-electron chi connectivity index (χ1n) is 9.43. The van der Waals surface area contributed by atoms with Crippen LogP contribution in [0, 0.1) is 11.8 Å². The molecule has 0 spiro atoms. The van der Waals surface area contributed by atoms with Gasteiger partial charge < -0.3 is 10.6 Å². The fourth-order valence-corrected chi connectivity index (χ4v) is 4.59. The molecule has 3 aliphatic rings. The first-order valence-corrected chi connectivity index (χ1v) is 9.43. The van der Waals surface area contributed by atoms with Gasteiger partial charge in [0.1, 0.15) is 0 Å². The van der Waals surface area contributed by atoms with E-state index in [1.54, 1.807) is 0 Å². The van der Waals surface area contributed by atoms with Gasteiger partial charge in [0.05, 0.1) is 0 Å². The topological polar surface area (TPSA) is 32.5 Å². The molecule has 2 atom stereocenters. The zero-order chi connectivity index (χ0) is 14.7. The predicted molar refractivity (Wildman–Crippen MR) is 89.4 cm³/mol. The van der Waals surface area contributed by atoms with E-state index in [1.807, 2.05) is 0 Å². The number of piperazine rings is 1. The maximum Gasteiger partial charge on any atom is 0.0332 e. The van der Waals surface area contributed by atoms with Crippen LogP contribution in [-0.2, 0) is 0 Å². The van der Waals surface area contributed by atoms with E-state index in [9.17, 15) is 0 Å². The van der Waals surface area contributed by atoms with Crippen LogP contribution in [0.15, 0.2) is 0 Å². The minimum absolute atomic E-state index is 0.329. The number of hydrogen-bond donors (Lipinski definition) is 1. The summed E-state index contributed by atoms with van der Waals surface area (Å²) in [7, 11) is 0. The molecule has 1 aliphatic heterocycles. The largest absolute Gasteiger partial charge is 0.329 e. The maximum atomic E-state index is 6.30. The highest BCUT2D eigenvalue weighted by atomic mass is 15.3. The Morgan fingerprint density at radius 2 is 1.71 bits per heavy atom. The molecule has 1 heterocycles. The van der Waals surface area contributed by atoms with Crippen LogP contribution in [0.3, 0.4) is 0 Å². The van der Waals surface area contributed by atoms with E-state index in [4.69, 9.17) is 5.73 Å². The van der Waals surface area contributed by atoms with Crippen molar-refractivity contribution in [2.24, 2.45) is 17.6 Å². The molecule has 2 N–H and O–H groups in total. The van der Waals surface area contributed by atoms with Gasteiger partial charge in [-0.25, -0.2) is 0 Å². The smallest absolute Gasteiger partial charge is 0.0332 e. The van der Waals surface area contributed by atoms with Gasteiger partial charge in [0.15, 0.2) is 0 Å². The summed E-state index contributed by atoms with van der Waals surface area (Å²) in [5.74, 6) is 1.98. The standard InChI is InChI=1S/C18H35N3/c1-2-16-4-3-8-18(15-19,9-7-16)21-12-10-20(11-13-21)14-17-5-6-17/h16-17H,2-15,19H2,1H3. The second kappa shape index (κ2) is 6.97. The molecule has 3 fully saturated rings. The van der Waals surface area contributed by atoms with Gasteiger partial charge in [-0.1, -0.05) is 26.2 Å². The molecule has 1 saturated heterocycles. The molecular formula is C18H35N3. The van der Waals surface area contributed by atoms with Gasteiger partial charge in [-0.15, -0.1) is 0 Å². The average molecular weight is 293 g/mol. The van der Waals surface area contributed by atoms with Gasteiger partial charge in [-0.3, -0.25) is 4.90 Å². The van der Waals surface area contributed by atoms with E-state index < -0.39 is 0 Å². The van der Waals surface area contributed by atoms with Crippen molar-refractivity contribution in [2.75, 3.05) is 39.3 Å². The number of rotatable bonds is 5. The summed E-state index contributed by atoms with van der Waals surface area (Å²) >= 11 is 0. The Kier molecular flexibility index (Phi) is 5.23. The van der Waals surface area contributed by atoms with E-state index in [1.165, 1.54) is 84.1 Å². The summed E-state index contributed by atoms with van der Waals surface area (Å²) in [5.41, 5.74) is 6.62. The molecule has 0 radical (unpaired) electrons. The summed E-state index contributed by atoms with van der Waals surface area (Å²) in [5, 5.41) is 0. The molecule has 122 valence electrons. The summed E-state index contributed by atoms with van der Waals surface area (Å²) in [6, 6.07) is 0. The van der Waals surface area contributed by atoms with Crippen LogP contribution >= 0.6 is 0 Å². The Bertz CT molecular complexity index is 320. The molecule has 2 saturated carbocycles. The molecule has 0 aromatic carbocycles. The monoisotopic (exact) mass is 293 g/mol. The zero-order valence-electron chi connectivity index (χ0n) is 14.0. The highest BCUT2D eigenvalue weighted by Gasteiger charge is 2.39. The molecular weight excluding hydrogens is 258 g/mol. The Morgan fingerprint density at radius 3 is 2.33 bits per heavy atom. The van der Waals surface area contributed by atoms with Gasteiger partial charge in [0.25, 0.3) is 0 Å². The van der Waals surface area contributed by atoms with Crippen molar-refractivity contribution in [3.8, 4) is 0 Å². The molecule has 21 heavy (non-hydrogen) atoms. The van der Waals surface area contributed by atoms with Gasteiger partial charge in [-0.2, -0.15) is 0 Å². The molecule has 0 amide bonds. The van der Waals surface area contributed by atoms with Crippen molar-refractivity contribution < 1.29 is 0 Å². The Hall–Kier alpha value is -0.120.